The van der Waals surface area contributed by atoms with Crippen LogP contribution in [-0.2, 0) is 14.6 Å². The molecule has 6 heteroatoms. The quantitative estimate of drug-likeness (QED) is 0.738. The molecular weight excluding hydrogens is 228 g/mol. The van der Waals surface area contributed by atoms with Gasteiger partial charge in [-0.25, -0.2) is 8.42 Å². The van der Waals surface area contributed by atoms with Gasteiger partial charge in [0, 0.05) is 19.1 Å². The van der Waals surface area contributed by atoms with Gasteiger partial charge in [0.2, 0.25) is 5.91 Å². The fourth-order valence-corrected chi connectivity index (χ4v) is 3.43. The fourth-order valence-electron chi connectivity index (χ4n) is 1.70. The van der Waals surface area contributed by atoms with E-state index in [4.69, 9.17) is 5.73 Å². The number of rotatable bonds is 3. The number of amides is 1. The standard InChI is InChI=1S/C10H20N2O3S/c1-10(2,7-11)12(3)9(13)8-4-5-16(14,15)6-8/h8H,4-7,11H2,1-3H3. The van der Waals surface area contributed by atoms with Crippen molar-refractivity contribution in [2.75, 3.05) is 25.1 Å². The third kappa shape index (κ3) is 2.74. The number of hydrogen-bond acceptors (Lipinski definition) is 4. The maximum Gasteiger partial charge on any atom is 0.226 e. The first-order valence-electron chi connectivity index (χ1n) is 5.38. The van der Waals surface area contributed by atoms with Gasteiger partial charge in [-0.1, -0.05) is 0 Å². The van der Waals surface area contributed by atoms with E-state index in [1.165, 1.54) is 0 Å². The molecule has 1 unspecified atom stereocenters. The average molecular weight is 248 g/mol. The molecule has 94 valence electrons. The van der Waals surface area contributed by atoms with E-state index in [9.17, 15) is 13.2 Å². The zero-order chi connectivity index (χ0) is 12.6. The summed E-state index contributed by atoms with van der Waals surface area (Å²) < 4.78 is 22.6. The van der Waals surface area contributed by atoms with Gasteiger partial charge in [-0.3, -0.25) is 4.79 Å². The van der Waals surface area contributed by atoms with Crippen molar-refractivity contribution in [2.45, 2.75) is 25.8 Å². The van der Waals surface area contributed by atoms with Crippen molar-refractivity contribution in [2.24, 2.45) is 11.7 Å². The van der Waals surface area contributed by atoms with E-state index in [1.54, 1.807) is 11.9 Å². The molecular formula is C10H20N2O3S. The zero-order valence-corrected chi connectivity index (χ0v) is 10.9. The van der Waals surface area contributed by atoms with E-state index in [2.05, 4.69) is 0 Å². The topological polar surface area (TPSA) is 80.5 Å². The van der Waals surface area contributed by atoms with Crippen molar-refractivity contribution in [1.82, 2.24) is 4.90 Å². The van der Waals surface area contributed by atoms with Crippen LogP contribution < -0.4 is 5.73 Å². The lowest BCUT2D eigenvalue weighted by atomic mass is 10.00. The molecule has 5 nitrogen and oxygen atoms in total. The normalized spacial score (nSPS) is 24.4. The molecule has 0 aliphatic carbocycles. The Labute approximate surface area is 96.9 Å². The van der Waals surface area contributed by atoms with E-state index in [-0.39, 0.29) is 23.3 Å². The van der Waals surface area contributed by atoms with Crippen LogP contribution in [0.2, 0.25) is 0 Å². The highest BCUT2D eigenvalue weighted by Gasteiger charge is 2.37. The van der Waals surface area contributed by atoms with Crippen LogP contribution in [0, 0.1) is 5.92 Å². The largest absolute Gasteiger partial charge is 0.339 e. The molecule has 1 saturated heterocycles. The molecule has 1 heterocycles. The second-order valence-electron chi connectivity index (χ2n) is 5.01. The summed E-state index contributed by atoms with van der Waals surface area (Å²) in [4.78, 5) is 13.6. The molecule has 0 saturated carbocycles. The van der Waals surface area contributed by atoms with Gasteiger partial charge < -0.3 is 10.6 Å². The van der Waals surface area contributed by atoms with E-state index in [1.807, 2.05) is 13.8 Å². The summed E-state index contributed by atoms with van der Waals surface area (Å²) in [5.41, 5.74) is 5.16. The Morgan fingerprint density at radius 1 is 1.50 bits per heavy atom. The Morgan fingerprint density at radius 2 is 2.06 bits per heavy atom. The Kier molecular flexibility index (Phi) is 3.64. The summed E-state index contributed by atoms with van der Waals surface area (Å²) in [7, 11) is -1.32. The number of carbonyl (C=O) groups excluding carboxylic acids is 1. The highest BCUT2D eigenvalue weighted by atomic mass is 32.2. The maximum atomic E-state index is 12.0. The van der Waals surface area contributed by atoms with Crippen LogP contribution in [0.4, 0.5) is 0 Å². The third-order valence-corrected chi connectivity index (χ3v) is 5.09. The Hall–Kier alpha value is -0.620. The highest BCUT2D eigenvalue weighted by molar-refractivity contribution is 7.91. The van der Waals surface area contributed by atoms with Crippen molar-refractivity contribution < 1.29 is 13.2 Å². The monoisotopic (exact) mass is 248 g/mol. The number of sulfone groups is 1. The fraction of sp³-hybridized carbons (Fsp3) is 0.900. The number of carbonyl (C=O) groups is 1. The first kappa shape index (κ1) is 13.4. The molecule has 1 rings (SSSR count). The van der Waals surface area contributed by atoms with Crippen LogP contribution in [0.3, 0.4) is 0 Å². The Balaban J connectivity index is 2.73. The van der Waals surface area contributed by atoms with Crippen LogP contribution >= 0.6 is 0 Å². The highest BCUT2D eigenvalue weighted by Crippen LogP contribution is 2.23. The minimum absolute atomic E-state index is 0.0170. The number of nitrogens with zero attached hydrogens (tertiary/aromatic N) is 1. The summed E-state index contributed by atoms with van der Waals surface area (Å²) in [6.45, 7) is 4.09. The second-order valence-corrected chi connectivity index (χ2v) is 7.24. The number of nitrogens with two attached hydrogens (primary N) is 1. The van der Waals surface area contributed by atoms with Crippen LogP contribution in [0.1, 0.15) is 20.3 Å². The second kappa shape index (κ2) is 4.33. The first-order chi connectivity index (χ1) is 7.19. The average Bonchev–Trinajstić information content (AvgIpc) is 2.56. The maximum absolute atomic E-state index is 12.0. The summed E-state index contributed by atoms with van der Waals surface area (Å²) >= 11 is 0. The minimum Gasteiger partial charge on any atom is -0.339 e. The smallest absolute Gasteiger partial charge is 0.226 e. The first-order valence-corrected chi connectivity index (χ1v) is 7.20. The van der Waals surface area contributed by atoms with Gasteiger partial charge >= 0.3 is 0 Å². The summed E-state index contributed by atoms with van der Waals surface area (Å²) in [6, 6.07) is 0. The molecule has 1 atom stereocenters. The summed E-state index contributed by atoms with van der Waals surface area (Å²) in [5, 5.41) is 0. The molecule has 0 aromatic carbocycles. The lowest BCUT2D eigenvalue weighted by molar-refractivity contribution is -0.137. The van der Waals surface area contributed by atoms with Gasteiger partial charge in [-0.2, -0.15) is 0 Å². The van der Waals surface area contributed by atoms with E-state index >= 15 is 0 Å². The third-order valence-electron chi connectivity index (χ3n) is 3.32. The number of hydrogen-bond donors (Lipinski definition) is 1. The van der Waals surface area contributed by atoms with Gasteiger partial charge in [0.1, 0.15) is 0 Å². The van der Waals surface area contributed by atoms with Crippen LogP contribution in [0.15, 0.2) is 0 Å². The predicted molar refractivity (Wildman–Crippen MR) is 62.7 cm³/mol. The van der Waals surface area contributed by atoms with Gasteiger partial charge in [-0.15, -0.1) is 0 Å². The van der Waals surface area contributed by atoms with Crippen molar-refractivity contribution in [3.63, 3.8) is 0 Å². The van der Waals surface area contributed by atoms with Crippen molar-refractivity contribution in [3.05, 3.63) is 0 Å². The van der Waals surface area contributed by atoms with E-state index < -0.39 is 15.4 Å². The van der Waals surface area contributed by atoms with Crippen molar-refractivity contribution >= 4 is 15.7 Å². The molecule has 0 bridgehead atoms. The van der Waals surface area contributed by atoms with Crippen LogP contribution in [0.5, 0.6) is 0 Å². The molecule has 1 amide bonds. The van der Waals surface area contributed by atoms with Gasteiger partial charge in [0.05, 0.1) is 17.4 Å². The molecule has 0 radical (unpaired) electrons. The predicted octanol–water partition coefficient (Wildman–Crippen LogP) is -0.383. The zero-order valence-electron chi connectivity index (χ0n) is 10.1. The van der Waals surface area contributed by atoms with Gasteiger partial charge in [0.25, 0.3) is 0 Å². The molecule has 1 aliphatic rings. The van der Waals surface area contributed by atoms with Crippen molar-refractivity contribution in [1.29, 1.82) is 0 Å². The molecule has 16 heavy (non-hydrogen) atoms. The van der Waals surface area contributed by atoms with Crippen LogP contribution in [-0.4, -0.2) is 49.9 Å². The molecule has 1 aliphatic heterocycles. The number of likely N-dealkylation sites (N-methyl/N-ethyl adjacent to an activating group) is 1. The molecule has 2 N–H and O–H groups in total. The van der Waals surface area contributed by atoms with Crippen molar-refractivity contribution in [3.8, 4) is 0 Å². The van der Waals surface area contributed by atoms with Gasteiger partial charge in [-0.05, 0) is 20.3 Å². The Morgan fingerprint density at radius 3 is 2.44 bits per heavy atom. The van der Waals surface area contributed by atoms with Crippen LogP contribution in [0.25, 0.3) is 0 Å². The molecule has 0 aromatic rings. The SMILES string of the molecule is CN(C(=O)C1CCS(=O)(=O)C1)C(C)(C)CN. The lowest BCUT2D eigenvalue weighted by Crippen LogP contribution is -2.52. The minimum atomic E-state index is -3.00. The van der Waals surface area contributed by atoms with E-state index in [0.29, 0.717) is 13.0 Å². The lowest BCUT2D eigenvalue weighted by Gasteiger charge is -2.36. The Bertz CT molecular complexity index is 376. The summed E-state index contributed by atoms with van der Waals surface area (Å²) in [6.07, 6.45) is 0.437. The molecule has 0 aromatic heterocycles. The summed E-state index contributed by atoms with van der Waals surface area (Å²) in [5.74, 6) is -0.394. The van der Waals surface area contributed by atoms with E-state index in [0.717, 1.165) is 0 Å². The molecule has 1 fully saturated rings. The molecule has 0 spiro atoms. The van der Waals surface area contributed by atoms with Gasteiger partial charge in [0.15, 0.2) is 9.84 Å².